The number of aromatic nitrogens is 3. The lowest BCUT2D eigenvalue weighted by Gasteiger charge is -2.13. The summed E-state index contributed by atoms with van der Waals surface area (Å²) in [4.78, 5) is 4.32. The molecule has 0 aromatic carbocycles. The van der Waals surface area contributed by atoms with E-state index in [0.717, 1.165) is 16.4 Å². The smallest absolute Gasteiger partial charge is 0.115 e. The zero-order valence-electron chi connectivity index (χ0n) is 10.6. The Morgan fingerprint density at radius 3 is 2.71 bits per heavy atom. The monoisotopic (exact) mass is 250 g/mol. The molecule has 0 aliphatic heterocycles. The van der Waals surface area contributed by atoms with Gasteiger partial charge in [0.15, 0.2) is 0 Å². The van der Waals surface area contributed by atoms with E-state index in [0.29, 0.717) is 5.92 Å². The Labute approximate surface area is 106 Å². The van der Waals surface area contributed by atoms with Crippen molar-refractivity contribution in [2.75, 3.05) is 5.32 Å². The molecule has 1 atom stereocenters. The lowest BCUT2D eigenvalue weighted by Crippen LogP contribution is -2.07. The maximum atomic E-state index is 4.48. The van der Waals surface area contributed by atoms with Gasteiger partial charge >= 0.3 is 0 Å². The normalized spacial score (nSPS) is 13.0. The zero-order valence-corrected chi connectivity index (χ0v) is 11.5. The molecular weight excluding hydrogens is 232 g/mol. The predicted octanol–water partition coefficient (Wildman–Crippen LogP) is 3.17. The van der Waals surface area contributed by atoms with E-state index in [4.69, 9.17) is 0 Å². The molecule has 0 aliphatic rings. The summed E-state index contributed by atoms with van der Waals surface area (Å²) in [6, 6.07) is 0.219. The topological polar surface area (TPSA) is 42.7 Å². The quantitative estimate of drug-likeness (QED) is 0.906. The molecule has 2 aromatic rings. The van der Waals surface area contributed by atoms with Crippen LogP contribution < -0.4 is 5.32 Å². The molecular formula is C12H18N4S. The van der Waals surface area contributed by atoms with Gasteiger partial charge < -0.3 is 5.32 Å². The number of hydrogen-bond donors (Lipinski definition) is 1. The van der Waals surface area contributed by atoms with Gasteiger partial charge in [-0.15, -0.1) is 11.3 Å². The first-order valence-corrected chi connectivity index (χ1v) is 6.65. The Kier molecular flexibility index (Phi) is 3.47. The number of nitrogens with one attached hydrogen (secondary N) is 1. The van der Waals surface area contributed by atoms with Crippen LogP contribution in [0.25, 0.3) is 0 Å². The van der Waals surface area contributed by atoms with Crippen LogP contribution in [0.3, 0.4) is 0 Å². The Bertz CT molecular complexity index is 473. The average molecular weight is 250 g/mol. The first-order valence-electron chi connectivity index (χ1n) is 5.77. The summed E-state index contributed by atoms with van der Waals surface area (Å²) in [6.45, 7) is 6.43. The van der Waals surface area contributed by atoms with E-state index < -0.39 is 0 Å². The van der Waals surface area contributed by atoms with Gasteiger partial charge in [0, 0.05) is 24.8 Å². The third-order valence-corrected chi connectivity index (χ3v) is 3.56. The molecule has 92 valence electrons. The second-order valence-electron chi connectivity index (χ2n) is 4.49. The molecule has 1 N–H and O–H groups in total. The van der Waals surface area contributed by atoms with Crippen LogP contribution in [-0.2, 0) is 7.05 Å². The highest BCUT2D eigenvalue weighted by atomic mass is 32.1. The number of aryl methyl sites for hydroxylation is 1. The molecule has 0 bridgehead atoms. The fraction of sp³-hybridized carbons (Fsp3) is 0.500. The lowest BCUT2D eigenvalue weighted by molar-refractivity contribution is 0.712. The maximum absolute atomic E-state index is 4.48. The number of rotatable bonds is 4. The Morgan fingerprint density at radius 1 is 1.35 bits per heavy atom. The molecule has 1 unspecified atom stereocenters. The minimum Gasteiger partial charge on any atom is -0.373 e. The van der Waals surface area contributed by atoms with Gasteiger partial charge in [0.25, 0.3) is 0 Å². The molecule has 2 aromatic heterocycles. The van der Waals surface area contributed by atoms with Gasteiger partial charge in [-0.2, -0.15) is 5.10 Å². The molecule has 0 saturated heterocycles. The fourth-order valence-corrected chi connectivity index (χ4v) is 2.43. The maximum Gasteiger partial charge on any atom is 0.115 e. The number of nitrogens with zero attached hydrogens (tertiary/aromatic N) is 3. The Balaban J connectivity index is 2.18. The van der Waals surface area contributed by atoms with E-state index in [1.807, 2.05) is 29.5 Å². The summed E-state index contributed by atoms with van der Waals surface area (Å²) in [5.74, 6) is 0.419. The van der Waals surface area contributed by atoms with E-state index in [9.17, 15) is 0 Å². The Morgan fingerprint density at radius 2 is 2.12 bits per heavy atom. The lowest BCUT2D eigenvalue weighted by atomic mass is 10.1. The molecule has 4 nitrogen and oxygen atoms in total. The second-order valence-corrected chi connectivity index (χ2v) is 5.42. The molecule has 0 radical (unpaired) electrons. The van der Waals surface area contributed by atoms with E-state index >= 15 is 0 Å². The highest BCUT2D eigenvalue weighted by molar-refractivity contribution is 7.09. The average Bonchev–Trinajstić information content (AvgIpc) is 2.86. The van der Waals surface area contributed by atoms with Crippen molar-refractivity contribution in [3.05, 3.63) is 28.5 Å². The fourth-order valence-electron chi connectivity index (χ4n) is 1.79. The van der Waals surface area contributed by atoms with E-state index in [1.54, 1.807) is 11.3 Å². The summed E-state index contributed by atoms with van der Waals surface area (Å²) in [5, 5.41) is 11.1. The SMILES string of the molecule is CC(C)c1nn(C)cc1NC(C)c1nccs1. The van der Waals surface area contributed by atoms with Crippen molar-refractivity contribution < 1.29 is 0 Å². The summed E-state index contributed by atoms with van der Waals surface area (Å²) in [7, 11) is 1.95. The van der Waals surface area contributed by atoms with Crippen molar-refractivity contribution in [2.24, 2.45) is 7.05 Å². The molecule has 0 fully saturated rings. The predicted molar refractivity (Wildman–Crippen MR) is 71.4 cm³/mol. The largest absolute Gasteiger partial charge is 0.373 e. The van der Waals surface area contributed by atoms with Gasteiger partial charge in [-0.3, -0.25) is 4.68 Å². The van der Waals surface area contributed by atoms with Crippen molar-refractivity contribution in [1.29, 1.82) is 0 Å². The summed E-state index contributed by atoms with van der Waals surface area (Å²) in [6.07, 6.45) is 3.87. The minimum absolute atomic E-state index is 0.219. The van der Waals surface area contributed by atoms with Crippen molar-refractivity contribution in [3.63, 3.8) is 0 Å². The van der Waals surface area contributed by atoms with Crippen LogP contribution in [0.2, 0.25) is 0 Å². The van der Waals surface area contributed by atoms with Crippen LogP contribution in [0.1, 0.15) is 43.4 Å². The molecule has 0 amide bonds. The third-order valence-electron chi connectivity index (χ3n) is 2.60. The molecule has 0 aliphatic carbocycles. The van der Waals surface area contributed by atoms with Crippen LogP contribution in [0.5, 0.6) is 0 Å². The van der Waals surface area contributed by atoms with Gasteiger partial charge in [0.2, 0.25) is 0 Å². The summed E-state index contributed by atoms with van der Waals surface area (Å²) < 4.78 is 1.85. The third kappa shape index (κ3) is 2.66. The summed E-state index contributed by atoms with van der Waals surface area (Å²) in [5.41, 5.74) is 2.21. The van der Waals surface area contributed by atoms with E-state index in [1.165, 1.54) is 0 Å². The van der Waals surface area contributed by atoms with Crippen LogP contribution in [-0.4, -0.2) is 14.8 Å². The van der Waals surface area contributed by atoms with Gasteiger partial charge in [0.1, 0.15) is 5.01 Å². The number of thiazole rings is 1. The molecule has 0 saturated carbocycles. The molecule has 0 spiro atoms. The Hall–Kier alpha value is -1.36. The highest BCUT2D eigenvalue weighted by Crippen LogP contribution is 2.26. The number of anilines is 1. The van der Waals surface area contributed by atoms with Gasteiger partial charge in [0.05, 0.1) is 17.4 Å². The van der Waals surface area contributed by atoms with Crippen LogP contribution in [0, 0.1) is 0 Å². The van der Waals surface area contributed by atoms with E-state index in [2.05, 4.69) is 36.2 Å². The van der Waals surface area contributed by atoms with Gasteiger partial charge in [-0.05, 0) is 12.8 Å². The molecule has 17 heavy (non-hydrogen) atoms. The molecule has 2 heterocycles. The standard InChI is InChI=1S/C12H18N4S/c1-8(2)11-10(7-16(4)15-11)14-9(3)12-13-5-6-17-12/h5-9,14H,1-4H3. The van der Waals surface area contributed by atoms with Gasteiger partial charge in [-0.25, -0.2) is 4.98 Å². The van der Waals surface area contributed by atoms with Crippen molar-refractivity contribution in [2.45, 2.75) is 32.7 Å². The summed E-state index contributed by atoms with van der Waals surface area (Å²) >= 11 is 1.67. The first-order chi connectivity index (χ1) is 8.08. The van der Waals surface area contributed by atoms with Crippen molar-refractivity contribution in [1.82, 2.24) is 14.8 Å². The van der Waals surface area contributed by atoms with Crippen LogP contribution in [0.15, 0.2) is 17.8 Å². The molecule has 2 rings (SSSR count). The number of hydrogen-bond acceptors (Lipinski definition) is 4. The van der Waals surface area contributed by atoms with Crippen molar-refractivity contribution >= 4 is 17.0 Å². The minimum atomic E-state index is 0.219. The highest BCUT2D eigenvalue weighted by Gasteiger charge is 2.15. The van der Waals surface area contributed by atoms with Crippen LogP contribution in [0.4, 0.5) is 5.69 Å². The zero-order chi connectivity index (χ0) is 12.4. The first kappa shape index (κ1) is 12.1. The van der Waals surface area contributed by atoms with Crippen molar-refractivity contribution in [3.8, 4) is 0 Å². The van der Waals surface area contributed by atoms with E-state index in [-0.39, 0.29) is 6.04 Å². The van der Waals surface area contributed by atoms with Gasteiger partial charge in [-0.1, -0.05) is 13.8 Å². The second kappa shape index (κ2) is 4.87. The molecule has 5 heteroatoms. The van der Waals surface area contributed by atoms with Crippen LogP contribution >= 0.6 is 11.3 Å².